The van der Waals surface area contributed by atoms with E-state index in [1.807, 2.05) is 0 Å². The van der Waals surface area contributed by atoms with Gasteiger partial charge in [-0.25, -0.2) is 10.5 Å². The number of hydroxylamine groups is 1. The summed E-state index contributed by atoms with van der Waals surface area (Å²) in [6.07, 6.45) is -4.50. The molecule has 26 heavy (non-hydrogen) atoms. The molecule has 0 unspecified atom stereocenters. The maximum Gasteiger partial charge on any atom is 0.417 e. The number of benzene rings is 2. The maximum absolute atomic E-state index is 13.0. The zero-order valence-corrected chi connectivity index (χ0v) is 13.1. The Balaban J connectivity index is 1.87. The van der Waals surface area contributed by atoms with E-state index in [9.17, 15) is 18.0 Å². The van der Waals surface area contributed by atoms with Crippen LogP contribution in [-0.2, 0) is 12.6 Å². The van der Waals surface area contributed by atoms with Crippen LogP contribution < -0.4 is 10.8 Å². The van der Waals surface area contributed by atoms with Gasteiger partial charge in [0, 0.05) is 17.7 Å². The van der Waals surface area contributed by atoms with Gasteiger partial charge in [0.1, 0.15) is 5.84 Å². The number of fused-ring (bicyclic) bond motifs is 1. The molecule has 0 bridgehead atoms. The van der Waals surface area contributed by atoms with Crippen LogP contribution in [0.5, 0.6) is 0 Å². The summed E-state index contributed by atoms with van der Waals surface area (Å²) in [5.74, 6) is -0.316. The number of rotatable bonds is 2. The Kier molecular flexibility index (Phi) is 4.36. The zero-order valence-electron chi connectivity index (χ0n) is 13.1. The molecule has 0 aliphatic carbocycles. The fraction of sp³-hybridized carbons (Fsp3) is 0.118. The van der Waals surface area contributed by atoms with Crippen LogP contribution in [0.1, 0.15) is 27.0 Å². The van der Waals surface area contributed by atoms with E-state index in [0.29, 0.717) is 22.8 Å². The second-order valence-electron chi connectivity index (χ2n) is 5.52. The van der Waals surface area contributed by atoms with Crippen molar-refractivity contribution in [2.45, 2.75) is 12.6 Å². The summed E-state index contributed by atoms with van der Waals surface area (Å²) in [5.41, 5.74) is 1.36. The molecule has 3 N–H and O–H groups in total. The van der Waals surface area contributed by atoms with Gasteiger partial charge in [-0.15, -0.1) is 0 Å². The van der Waals surface area contributed by atoms with Crippen LogP contribution in [0.4, 0.5) is 24.5 Å². The minimum atomic E-state index is -4.62. The minimum absolute atomic E-state index is 0.126. The lowest BCUT2D eigenvalue weighted by atomic mass is 10.0. The number of hydrogen-bond acceptors (Lipinski definition) is 5. The van der Waals surface area contributed by atoms with Crippen molar-refractivity contribution in [1.82, 2.24) is 5.48 Å². The molecule has 0 aromatic heterocycles. The van der Waals surface area contributed by atoms with Crippen molar-refractivity contribution < 1.29 is 23.2 Å². The Morgan fingerprint density at radius 1 is 1.27 bits per heavy atom. The largest absolute Gasteiger partial charge is 0.417 e. The lowest BCUT2D eigenvalue weighted by molar-refractivity contribution is -0.137. The van der Waals surface area contributed by atoms with E-state index < -0.39 is 23.2 Å². The Labute approximate surface area is 145 Å². The van der Waals surface area contributed by atoms with Gasteiger partial charge in [0.25, 0.3) is 5.91 Å². The third-order valence-electron chi connectivity index (χ3n) is 3.77. The minimum Gasteiger partial charge on any atom is -0.343 e. The molecule has 6 nitrogen and oxygen atoms in total. The Bertz CT molecular complexity index is 961. The molecular formula is C17H11F3N4O2. The van der Waals surface area contributed by atoms with Gasteiger partial charge in [-0.05, 0) is 35.9 Å². The normalized spacial score (nSPS) is 12.8. The monoisotopic (exact) mass is 360 g/mol. The predicted molar refractivity (Wildman–Crippen MR) is 86.3 cm³/mol. The number of carbonyl (C=O) groups excluding carboxylic acids is 1. The predicted octanol–water partition coefficient (Wildman–Crippen LogP) is 3.39. The molecule has 0 saturated heterocycles. The molecule has 3 rings (SSSR count). The van der Waals surface area contributed by atoms with Crippen molar-refractivity contribution in [3.8, 4) is 6.07 Å². The molecule has 0 radical (unpaired) electrons. The highest BCUT2D eigenvalue weighted by molar-refractivity contribution is 6.03. The van der Waals surface area contributed by atoms with Crippen LogP contribution in [0.25, 0.3) is 0 Å². The number of amidine groups is 1. The molecule has 2 aromatic rings. The number of hydrogen-bond donors (Lipinski definition) is 3. The van der Waals surface area contributed by atoms with Crippen LogP contribution in [0.3, 0.4) is 0 Å². The average molecular weight is 360 g/mol. The van der Waals surface area contributed by atoms with Gasteiger partial charge < -0.3 is 5.32 Å². The van der Waals surface area contributed by atoms with Crippen LogP contribution in [-0.4, -0.2) is 17.0 Å². The van der Waals surface area contributed by atoms with E-state index in [1.54, 1.807) is 18.2 Å². The number of nitrogens with zero attached hydrogens (tertiary/aromatic N) is 2. The van der Waals surface area contributed by atoms with Crippen LogP contribution >= 0.6 is 0 Å². The molecule has 0 atom stereocenters. The van der Waals surface area contributed by atoms with Crippen molar-refractivity contribution in [2.75, 3.05) is 5.32 Å². The summed E-state index contributed by atoms with van der Waals surface area (Å²) < 4.78 is 39.1. The van der Waals surface area contributed by atoms with Crippen molar-refractivity contribution in [1.29, 1.82) is 5.26 Å². The summed E-state index contributed by atoms with van der Waals surface area (Å²) in [6, 6.07) is 9.75. The number of nitriles is 1. The second-order valence-corrected chi connectivity index (χ2v) is 5.52. The van der Waals surface area contributed by atoms with Gasteiger partial charge in [0.2, 0.25) is 0 Å². The number of nitrogens with one attached hydrogen (secondary N) is 2. The van der Waals surface area contributed by atoms with Crippen LogP contribution in [0.15, 0.2) is 41.4 Å². The number of amides is 1. The van der Waals surface area contributed by atoms with Gasteiger partial charge in [-0.1, -0.05) is 6.07 Å². The van der Waals surface area contributed by atoms with Crippen molar-refractivity contribution >= 4 is 23.1 Å². The van der Waals surface area contributed by atoms with E-state index >= 15 is 0 Å². The van der Waals surface area contributed by atoms with Crippen molar-refractivity contribution in [2.24, 2.45) is 4.99 Å². The third-order valence-corrected chi connectivity index (χ3v) is 3.77. The van der Waals surface area contributed by atoms with Gasteiger partial charge in [0.15, 0.2) is 0 Å². The first-order chi connectivity index (χ1) is 12.3. The molecule has 1 aliphatic heterocycles. The number of aliphatic imine (C=N–C) groups is 1. The van der Waals surface area contributed by atoms with E-state index in [1.165, 1.54) is 17.6 Å². The second kappa shape index (κ2) is 6.50. The summed E-state index contributed by atoms with van der Waals surface area (Å²) in [5, 5.41) is 20.5. The van der Waals surface area contributed by atoms with Gasteiger partial charge in [-0.3, -0.25) is 10.0 Å². The first-order valence-corrected chi connectivity index (χ1v) is 7.35. The van der Waals surface area contributed by atoms with E-state index in [2.05, 4.69) is 10.3 Å². The Morgan fingerprint density at radius 2 is 2.04 bits per heavy atom. The quantitative estimate of drug-likeness (QED) is 0.565. The number of alkyl halides is 3. The van der Waals surface area contributed by atoms with E-state index in [4.69, 9.17) is 10.5 Å². The molecule has 0 fully saturated rings. The third kappa shape index (κ3) is 3.36. The molecule has 0 saturated carbocycles. The molecule has 9 heteroatoms. The van der Waals surface area contributed by atoms with Crippen molar-refractivity contribution in [3.05, 3.63) is 58.7 Å². The highest BCUT2D eigenvalue weighted by atomic mass is 19.4. The standard InChI is InChI=1S/C17H11F3N4O2/c18-17(19,20)13-5-10-7-15(23-14(10)6-11(13)8-21)22-12-3-1-2-9(4-12)16(25)24-26/h1-6,26H,7H2,(H,22,23)(H,24,25). The summed E-state index contributed by atoms with van der Waals surface area (Å²) in [7, 11) is 0. The molecule has 1 aliphatic rings. The van der Waals surface area contributed by atoms with Crippen LogP contribution in [0, 0.1) is 11.3 Å². The number of carbonyl (C=O) groups is 1. The maximum atomic E-state index is 13.0. The Hall–Kier alpha value is -3.38. The number of halogens is 3. The SMILES string of the molecule is N#Cc1cc2c(cc1C(F)(F)F)CC(Nc1cccc(C(=O)NO)c1)=N2. The fourth-order valence-corrected chi connectivity index (χ4v) is 2.61. The van der Waals surface area contributed by atoms with E-state index in [0.717, 1.165) is 12.1 Å². The zero-order chi connectivity index (χ0) is 18.9. The van der Waals surface area contributed by atoms with Gasteiger partial charge >= 0.3 is 6.18 Å². The molecule has 1 amide bonds. The molecule has 132 valence electrons. The van der Waals surface area contributed by atoms with Crippen molar-refractivity contribution in [3.63, 3.8) is 0 Å². The Morgan fingerprint density at radius 3 is 2.69 bits per heavy atom. The van der Waals surface area contributed by atoms with E-state index in [-0.39, 0.29) is 12.0 Å². The van der Waals surface area contributed by atoms with Gasteiger partial charge in [-0.2, -0.15) is 18.4 Å². The van der Waals surface area contributed by atoms with Crippen LogP contribution in [0.2, 0.25) is 0 Å². The summed E-state index contributed by atoms with van der Waals surface area (Å²) in [6.45, 7) is 0. The fourth-order valence-electron chi connectivity index (χ4n) is 2.61. The average Bonchev–Trinajstić information content (AvgIpc) is 3.00. The topological polar surface area (TPSA) is 97.5 Å². The first kappa shape index (κ1) is 17.4. The van der Waals surface area contributed by atoms with Gasteiger partial charge in [0.05, 0.1) is 22.9 Å². The molecule has 2 aromatic carbocycles. The lowest BCUT2D eigenvalue weighted by Crippen LogP contribution is -2.19. The highest BCUT2D eigenvalue weighted by Crippen LogP contribution is 2.38. The lowest BCUT2D eigenvalue weighted by Gasteiger charge is -2.10. The molecule has 1 heterocycles. The first-order valence-electron chi connectivity index (χ1n) is 7.35. The summed E-state index contributed by atoms with van der Waals surface area (Å²) >= 11 is 0. The smallest absolute Gasteiger partial charge is 0.343 e. The summed E-state index contributed by atoms with van der Waals surface area (Å²) in [4.78, 5) is 15.6. The molecule has 0 spiro atoms. The highest BCUT2D eigenvalue weighted by Gasteiger charge is 2.35. The number of anilines is 1. The molecular weight excluding hydrogens is 349 g/mol.